The molecule has 0 fully saturated rings. The van der Waals surface area contributed by atoms with Crippen molar-refractivity contribution in [2.24, 2.45) is 0 Å². The van der Waals surface area contributed by atoms with E-state index >= 15 is 0 Å². The molecule has 0 aliphatic carbocycles. The number of nitro groups is 1. The Morgan fingerprint density at radius 1 is 1.17 bits per heavy atom. The van der Waals surface area contributed by atoms with Crippen molar-refractivity contribution in [1.29, 1.82) is 0 Å². The zero-order valence-corrected chi connectivity index (χ0v) is 13.6. The van der Waals surface area contributed by atoms with Gasteiger partial charge in [0.1, 0.15) is 5.75 Å². The second-order valence-corrected chi connectivity index (χ2v) is 6.53. The quantitative estimate of drug-likeness (QED) is 0.455. The highest BCUT2D eigenvalue weighted by Crippen LogP contribution is 2.26. The molecule has 0 aliphatic rings. The van der Waals surface area contributed by atoms with E-state index in [-0.39, 0.29) is 17.1 Å². The van der Waals surface area contributed by atoms with Crippen LogP contribution in [-0.4, -0.2) is 27.0 Å². The van der Waals surface area contributed by atoms with Gasteiger partial charge in [-0.05, 0) is 36.4 Å². The average molecular weight is 346 g/mol. The summed E-state index contributed by atoms with van der Waals surface area (Å²) in [4.78, 5) is 10.0. The molecule has 0 aliphatic heterocycles. The van der Waals surface area contributed by atoms with E-state index in [1.165, 1.54) is 19.2 Å². The number of benzene rings is 2. The van der Waals surface area contributed by atoms with E-state index in [4.69, 9.17) is 11.2 Å². The van der Waals surface area contributed by atoms with Gasteiger partial charge in [-0.15, -0.1) is 6.42 Å². The molecule has 124 valence electrons. The van der Waals surface area contributed by atoms with E-state index in [1.54, 1.807) is 24.3 Å². The Hall–Kier alpha value is -3.05. The predicted octanol–water partition coefficient (Wildman–Crippen LogP) is 2.43. The number of non-ortho nitro benzene ring substituents is 1. The Kier molecular flexibility index (Phi) is 5.06. The maximum absolute atomic E-state index is 12.8. The molecular formula is C16H14N2O5S. The highest BCUT2D eigenvalue weighted by atomic mass is 32.2. The third-order valence-electron chi connectivity index (χ3n) is 3.23. The van der Waals surface area contributed by atoms with Gasteiger partial charge in [0.2, 0.25) is 0 Å². The Labute approximate surface area is 139 Å². The van der Waals surface area contributed by atoms with E-state index in [0.29, 0.717) is 11.4 Å². The average Bonchev–Trinajstić information content (AvgIpc) is 2.59. The Morgan fingerprint density at radius 3 is 2.21 bits per heavy atom. The summed E-state index contributed by atoms with van der Waals surface area (Å²) in [5.41, 5.74) is 0.175. The van der Waals surface area contributed by atoms with Crippen LogP contribution in [0.15, 0.2) is 53.4 Å². The van der Waals surface area contributed by atoms with Crippen LogP contribution >= 0.6 is 0 Å². The predicted molar refractivity (Wildman–Crippen MR) is 89.5 cm³/mol. The monoisotopic (exact) mass is 346 g/mol. The third-order valence-corrected chi connectivity index (χ3v) is 5.02. The lowest BCUT2D eigenvalue weighted by Crippen LogP contribution is -2.31. The largest absolute Gasteiger partial charge is 0.497 e. The zero-order valence-electron chi connectivity index (χ0n) is 12.7. The van der Waals surface area contributed by atoms with Gasteiger partial charge in [0.25, 0.3) is 15.7 Å². The summed E-state index contributed by atoms with van der Waals surface area (Å²) in [5.74, 6) is 2.88. The molecule has 2 rings (SSSR count). The number of methoxy groups -OCH3 is 1. The van der Waals surface area contributed by atoms with Gasteiger partial charge in [0.15, 0.2) is 0 Å². The van der Waals surface area contributed by atoms with Gasteiger partial charge < -0.3 is 4.74 Å². The van der Waals surface area contributed by atoms with Crippen molar-refractivity contribution in [1.82, 2.24) is 0 Å². The minimum atomic E-state index is -3.95. The van der Waals surface area contributed by atoms with Crippen LogP contribution in [0.3, 0.4) is 0 Å². The van der Waals surface area contributed by atoms with Crippen molar-refractivity contribution in [3.8, 4) is 18.1 Å². The molecule has 0 unspecified atom stereocenters. The second kappa shape index (κ2) is 7.02. The van der Waals surface area contributed by atoms with Crippen LogP contribution in [0.4, 0.5) is 11.4 Å². The van der Waals surface area contributed by atoms with Crippen molar-refractivity contribution < 1.29 is 18.1 Å². The smallest absolute Gasteiger partial charge is 0.269 e. The number of rotatable bonds is 6. The van der Waals surface area contributed by atoms with E-state index in [2.05, 4.69) is 5.92 Å². The standard InChI is InChI=1S/C16H14N2O5S/c1-3-12-17(13-4-8-15(23-2)9-5-13)24(21,22)16-10-6-14(7-11-16)18(19)20/h1,4-11H,12H2,2H3. The summed E-state index contributed by atoms with van der Waals surface area (Å²) in [6, 6.07) is 11.0. The van der Waals surface area contributed by atoms with E-state index < -0.39 is 14.9 Å². The number of ether oxygens (including phenoxy) is 1. The first-order valence-electron chi connectivity index (χ1n) is 6.75. The molecule has 0 spiro atoms. The minimum absolute atomic E-state index is 0.0841. The number of terminal acetylenes is 1. The SMILES string of the molecule is C#CCN(c1ccc(OC)cc1)S(=O)(=O)c1ccc([N+](=O)[O-])cc1. The van der Waals surface area contributed by atoms with Gasteiger partial charge in [0.05, 0.1) is 29.2 Å². The molecular weight excluding hydrogens is 332 g/mol. The molecule has 0 atom stereocenters. The first kappa shape index (κ1) is 17.3. The van der Waals surface area contributed by atoms with Crippen LogP contribution < -0.4 is 9.04 Å². The number of nitro benzene ring substituents is 1. The molecule has 24 heavy (non-hydrogen) atoms. The summed E-state index contributed by atoms with van der Waals surface area (Å²) in [5, 5.41) is 10.7. The van der Waals surface area contributed by atoms with Crippen molar-refractivity contribution in [3.63, 3.8) is 0 Å². The van der Waals surface area contributed by atoms with Crippen molar-refractivity contribution >= 4 is 21.4 Å². The molecule has 2 aromatic rings. The van der Waals surface area contributed by atoms with Crippen LogP contribution in [0.25, 0.3) is 0 Å². The van der Waals surface area contributed by atoms with Gasteiger partial charge in [0, 0.05) is 12.1 Å². The first-order valence-corrected chi connectivity index (χ1v) is 8.19. The second-order valence-electron chi connectivity index (χ2n) is 4.66. The highest BCUT2D eigenvalue weighted by Gasteiger charge is 2.25. The number of sulfonamides is 1. The van der Waals surface area contributed by atoms with Crippen molar-refractivity contribution in [3.05, 3.63) is 58.6 Å². The van der Waals surface area contributed by atoms with Crippen molar-refractivity contribution in [2.45, 2.75) is 4.90 Å². The molecule has 0 heterocycles. The molecule has 0 bridgehead atoms. The normalized spacial score (nSPS) is 10.7. The van der Waals surface area contributed by atoms with Gasteiger partial charge in [-0.1, -0.05) is 5.92 Å². The fraction of sp³-hybridized carbons (Fsp3) is 0.125. The number of nitrogens with zero attached hydrogens (tertiary/aromatic N) is 2. The van der Waals surface area contributed by atoms with Crippen LogP contribution in [0.5, 0.6) is 5.75 Å². The number of hydrogen-bond donors (Lipinski definition) is 0. The topological polar surface area (TPSA) is 89.8 Å². The van der Waals surface area contributed by atoms with Gasteiger partial charge in [-0.2, -0.15) is 0 Å². The van der Waals surface area contributed by atoms with Crippen LogP contribution in [-0.2, 0) is 10.0 Å². The van der Waals surface area contributed by atoms with Crippen LogP contribution in [0.2, 0.25) is 0 Å². The maximum Gasteiger partial charge on any atom is 0.269 e. The summed E-state index contributed by atoms with van der Waals surface area (Å²) in [6.07, 6.45) is 5.29. The fourth-order valence-corrected chi connectivity index (χ4v) is 3.39. The fourth-order valence-electron chi connectivity index (χ4n) is 2.01. The minimum Gasteiger partial charge on any atom is -0.497 e. The van der Waals surface area contributed by atoms with Crippen LogP contribution in [0.1, 0.15) is 0 Å². The maximum atomic E-state index is 12.8. The molecule has 0 amide bonds. The summed E-state index contributed by atoms with van der Waals surface area (Å²) < 4.78 is 31.7. The number of anilines is 1. The van der Waals surface area contributed by atoms with Crippen molar-refractivity contribution in [2.75, 3.05) is 18.0 Å². The highest BCUT2D eigenvalue weighted by molar-refractivity contribution is 7.92. The molecule has 8 heteroatoms. The molecule has 0 saturated carbocycles. The molecule has 0 radical (unpaired) electrons. The van der Waals surface area contributed by atoms with E-state index in [1.807, 2.05) is 0 Å². The lowest BCUT2D eigenvalue weighted by molar-refractivity contribution is -0.384. The van der Waals surface area contributed by atoms with E-state index in [0.717, 1.165) is 16.4 Å². The lowest BCUT2D eigenvalue weighted by Gasteiger charge is -2.22. The Bertz CT molecular complexity index is 868. The van der Waals surface area contributed by atoms with E-state index in [9.17, 15) is 18.5 Å². The molecule has 7 nitrogen and oxygen atoms in total. The van der Waals surface area contributed by atoms with Gasteiger partial charge in [-0.25, -0.2) is 8.42 Å². The third kappa shape index (κ3) is 3.47. The lowest BCUT2D eigenvalue weighted by atomic mass is 10.3. The molecule has 2 aromatic carbocycles. The van der Waals surface area contributed by atoms with Gasteiger partial charge >= 0.3 is 0 Å². The summed E-state index contributed by atoms with van der Waals surface area (Å²) in [6.45, 7) is -0.175. The summed E-state index contributed by atoms with van der Waals surface area (Å²) >= 11 is 0. The number of hydrogen-bond acceptors (Lipinski definition) is 5. The Morgan fingerprint density at radius 2 is 1.75 bits per heavy atom. The molecule has 0 aromatic heterocycles. The molecule has 0 saturated heterocycles. The molecule has 0 N–H and O–H groups in total. The van der Waals surface area contributed by atoms with Crippen LogP contribution in [0, 0.1) is 22.5 Å². The summed E-state index contributed by atoms with van der Waals surface area (Å²) in [7, 11) is -2.45. The zero-order chi connectivity index (χ0) is 17.7. The van der Waals surface area contributed by atoms with Gasteiger partial charge in [-0.3, -0.25) is 14.4 Å². The Balaban J connectivity index is 2.44. The first-order chi connectivity index (χ1) is 11.4.